The number of ether oxygens (including phenoxy) is 1. The molecule has 0 saturated carbocycles. The van der Waals surface area contributed by atoms with Crippen LogP contribution >= 0.6 is 0 Å². The SMILES string of the molecule is CC.CC.COc1ccc(CCC(=O)c2ccccc2C)cc1. The van der Waals surface area contributed by atoms with Crippen LogP contribution < -0.4 is 4.74 Å². The van der Waals surface area contributed by atoms with E-state index in [1.807, 2.05) is 83.1 Å². The fourth-order valence-corrected chi connectivity index (χ4v) is 2.07. The molecule has 0 aliphatic rings. The number of ketones is 1. The van der Waals surface area contributed by atoms with Gasteiger partial charge in [0, 0.05) is 12.0 Å². The molecule has 2 aromatic rings. The molecule has 0 spiro atoms. The minimum Gasteiger partial charge on any atom is -0.497 e. The average molecular weight is 314 g/mol. The summed E-state index contributed by atoms with van der Waals surface area (Å²) in [6.45, 7) is 9.97. The predicted octanol–water partition coefficient (Wildman–Crippen LogP) is 5.87. The van der Waals surface area contributed by atoms with E-state index < -0.39 is 0 Å². The zero-order valence-electron chi connectivity index (χ0n) is 15.3. The smallest absolute Gasteiger partial charge is 0.163 e. The molecule has 0 saturated heterocycles. The molecule has 0 unspecified atom stereocenters. The summed E-state index contributed by atoms with van der Waals surface area (Å²) in [6.07, 6.45) is 1.30. The van der Waals surface area contributed by atoms with Crippen LogP contribution in [-0.4, -0.2) is 12.9 Å². The maximum absolute atomic E-state index is 12.1. The highest BCUT2D eigenvalue weighted by Gasteiger charge is 2.08. The zero-order chi connectivity index (χ0) is 17.7. The van der Waals surface area contributed by atoms with E-state index in [1.54, 1.807) is 7.11 Å². The first-order valence-electron chi connectivity index (χ1n) is 8.42. The largest absolute Gasteiger partial charge is 0.497 e. The summed E-state index contributed by atoms with van der Waals surface area (Å²) in [4.78, 5) is 12.1. The monoisotopic (exact) mass is 314 g/mol. The molecule has 0 aromatic heterocycles. The lowest BCUT2D eigenvalue weighted by Gasteiger charge is -2.05. The number of carbonyl (C=O) groups excluding carboxylic acids is 1. The highest BCUT2D eigenvalue weighted by atomic mass is 16.5. The maximum Gasteiger partial charge on any atom is 0.163 e. The molecule has 2 heteroatoms. The van der Waals surface area contributed by atoms with E-state index in [9.17, 15) is 4.79 Å². The van der Waals surface area contributed by atoms with Crippen molar-refractivity contribution in [3.8, 4) is 5.75 Å². The van der Waals surface area contributed by atoms with Crippen molar-refractivity contribution in [1.29, 1.82) is 0 Å². The number of hydrogen-bond acceptors (Lipinski definition) is 2. The van der Waals surface area contributed by atoms with Gasteiger partial charge in [0.05, 0.1) is 7.11 Å². The summed E-state index contributed by atoms with van der Waals surface area (Å²) in [6, 6.07) is 15.6. The number of hydrogen-bond donors (Lipinski definition) is 0. The number of carbonyl (C=O) groups is 1. The number of Topliss-reactive ketones (excluding diaryl/α,β-unsaturated/α-hetero) is 1. The van der Waals surface area contributed by atoms with Crippen LogP contribution in [0.15, 0.2) is 48.5 Å². The van der Waals surface area contributed by atoms with E-state index in [4.69, 9.17) is 4.74 Å². The number of aryl methyl sites for hydroxylation is 2. The van der Waals surface area contributed by atoms with Crippen LogP contribution in [0.2, 0.25) is 0 Å². The summed E-state index contributed by atoms with van der Waals surface area (Å²) in [5, 5.41) is 0. The molecule has 0 amide bonds. The third-order valence-corrected chi connectivity index (χ3v) is 3.25. The number of benzene rings is 2. The van der Waals surface area contributed by atoms with Crippen molar-refractivity contribution in [3.63, 3.8) is 0 Å². The van der Waals surface area contributed by atoms with Gasteiger partial charge in [-0.2, -0.15) is 0 Å². The molecule has 2 nitrogen and oxygen atoms in total. The Morgan fingerprint density at radius 1 is 0.913 bits per heavy atom. The van der Waals surface area contributed by atoms with E-state index in [0.29, 0.717) is 6.42 Å². The molecule has 0 atom stereocenters. The van der Waals surface area contributed by atoms with Crippen molar-refractivity contribution in [2.45, 2.75) is 47.5 Å². The molecule has 0 aliphatic heterocycles. The van der Waals surface area contributed by atoms with Gasteiger partial charge in [-0.25, -0.2) is 0 Å². The summed E-state index contributed by atoms with van der Waals surface area (Å²) in [7, 11) is 1.65. The Hall–Kier alpha value is -2.09. The topological polar surface area (TPSA) is 26.3 Å². The third kappa shape index (κ3) is 7.14. The Balaban J connectivity index is 0.00000112. The lowest BCUT2D eigenvalue weighted by atomic mass is 9.99. The Bertz CT molecular complexity index is 556. The molecular formula is C21H30O2. The highest BCUT2D eigenvalue weighted by Crippen LogP contribution is 2.15. The summed E-state index contributed by atoms with van der Waals surface area (Å²) in [5.41, 5.74) is 3.03. The first-order valence-corrected chi connectivity index (χ1v) is 8.42. The average Bonchev–Trinajstić information content (AvgIpc) is 2.64. The van der Waals surface area contributed by atoms with Crippen molar-refractivity contribution in [1.82, 2.24) is 0 Å². The van der Waals surface area contributed by atoms with E-state index >= 15 is 0 Å². The Morgan fingerprint density at radius 3 is 2.00 bits per heavy atom. The van der Waals surface area contributed by atoms with Gasteiger partial charge in [-0.15, -0.1) is 0 Å². The second kappa shape index (κ2) is 12.5. The molecule has 0 bridgehead atoms. The first kappa shape index (κ1) is 20.9. The summed E-state index contributed by atoms with van der Waals surface area (Å²) >= 11 is 0. The van der Waals surface area contributed by atoms with Crippen molar-refractivity contribution >= 4 is 5.78 Å². The van der Waals surface area contributed by atoms with Crippen LogP contribution in [0.4, 0.5) is 0 Å². The standard InChI is InChI=1S/C17H18O2.2C2H6/c1-13-5-3-4-6-16(13)17(18)12-9-14-7-10-15(19-2)11-8-14;2*1-2/h3-8,10-11H,9,12H2,1-2H3;2*1-2H3. The Morgan fingerprint density at radius 2 is 1.48 bits per heavy atom. The van der Waals surface area contributed by atoms with E-state index in [-0.39, 0.29) is 5.78 Å². The van der Waals surface area contributed by atoms with Gasteiger partial charge in [-0.1, -0.05) is 64.1 Å². The van der Waals surface area contributed by atoms with Gasteiger partial charge >= 0.3 is 0 Å². The van der Waals surface area contributed by atoms with Crippen LogP contribution in [0.1, 0.15) is 55.6 Å². The molecule has 0 fully saturated rings. The minimum absolute atomic E-state index is 0.203. The second-order valence-electron chi connectivity index (χ2n) is 4.59. The van der Waals surface area contributed by atoms with Gasteiger partial charge < -0.3 is 4.74 Å². The van der Waals surface area contributed by atoms with Crippen LogP contribution in [0.5, 0.6) is 5.75 Å². The highest BCUT2D eigenvalue weighted by molar-refractivity contribution is 5.97. The van der Waals surface area contributed by atoms with Crippen LogP contribution in [-0.2, 0) is 6.42 Å². The normalized spacial score (nSPS) is 8.96. The van der Waals surface area contributed by atoms with Crippen molar-refractivity contribution in [2.24, 2.45) is 0 Å². The lowest BCUT2D eigenvalue weighted by Crippen LogP contribution is -2.03. The van der Waals surface area contributed by atoms with Crippen molar-refractivity contribution < 1.29 is 9.53 Å². The molecule has 0 N–H and O–H groups in total. The lowest BCUT2D eigenvalue weighted by molar-refractivity contribution is 0.0982. The fraction of sp³-hybridized carbons (Fsp3) is 0.381. The number of rotatable bonds is 5. The molecule has 2 rings (SSSR count). The van der Waals surface area contributed by atoms with Gasteiger partial charge in [-0.3, -0.25) is 4.79 Å². The maximum atomic E-state index is 12.1. The number of methoxy groups -OCH3 is 1. The van der Waals surface area contributed by atoms with Gasteiger partial charge in [0.25, 0.3) is 0 Å². The molecule has 23 heavy (non-hydrogen) atoms. The van der Waals surface area contributed by atoms with E-state index in [1.165, 1.54) is 0 Å². The molecule has 0 heterocycles. The van der Waals surface area contributed by atoms with Gasteiger partial charge in [0.1, 0.15) is 5.75 Å². The molecular weight excluding hydrogens is 284 g/mol. The summed E-state index contributed by atoms with van der Waals surface area (Å²) < 4.78 is 5.11. The molecule has 2 aromatic carbocycles. The summed E-state index contributed by atoms with van der Waals surface area (Å²) in [5.74, 6) is 1.04. The molecule has 0 aliphatic carbocycles. The second-order valence-corrected chi connectivity index (χ2v) is 4.59. The van der Waals surface area contributed by atoms with Crippen LogP contribution in [0.3, 0.4) is 0 Å². The van der Waals surface area contributed by atoms with E-state index in [2.05, 4.69) is 0 Å². The third-order valence-electron chi connectivity index (χ3n) is 3.25. The quantitative estimate of drug-likeness (QED) is 0.645. The molecule has 0 radical (unpaired) electrons. The van der Waals surface area contributed by atoms with Crippen molar-refractivity contribution in [2.75, 3.05) is 7.11 Å². The van der Waals surface area contributed by atoms with E-state index in [0.717, 1.165) is 28.9 Å². The van der Waals surface area contributed by atoms with Gasteiger partial charge in [0.15, 0.2) is 5.78 Å². The minimum atomic E-state index is 0.203. The van der Waals surface area contributed by atoms with Gasteiger partial charge in [-0.05, 0) is 36.6 Å². The van der Waals surface area contributed by atoms with Gasteiger partial charge in [0.2, 0.25) is 0 Å². The Kier molecular flexibility index (Phi) is 11.3. The van der Waals surface area contributed by atoms with Crippen molar-refractivity contribution in [3.05, 3.63) is 65.2 Å². The predicted molar refractivity (Wildman–Crippen MR) is 99.5 cm³/mol. The van der Waals surface area contributed by atoms with Crippen LogP contribution in [0, 0.1) is 6.92 Å². The zero-order valence-corrected chi connectivity index (χ0v) is 15.3. The first-order chi connectivity index (χ1) is 11.2. The molecule has 126 valence electrons. The Labute approximate surface area is 141 Å². The van der Waals surface area contributed by atoms with Crippen LogP contribution in [0.25, 0.3) is 0 Å². The fourth-order valence-electron chi connectivity index (χ4n) is 2.07.